The van der Waals surface area contributed by atoms with Crippen LogP contribution in [0.25, 0.3) is 11.3 Å². The molecule has 2 aromatic rings. The minimum absolute atomic E-state index is 0.675. The molecule has 0 fully saturated rings. The second-order valence-electron chi connectivity index (χ2n) is 4.64. The second kappa shape index (κ2) is 4.95. The molecular formula is C13H21N5O. The molecule has 0 aliphatic heterocycles. The van der Waals surface area contributed by atoms with Gasteiger partial charge >= 0.3 is 0 Å². The molecule has 0 amide bonds. The van der Waals surface area contributed by atoms with Crippen LogP contribution in [0, 0.1) is 13.8 Å². The summed E-state index contributed by atoms with van der Waals surface area (Å²) in [7, 11) is 3.48. The van der Waals surface area contributed by atoms with Crippen molar-refractivity contribution in [2.24, 2.45) is 7.05 Å². The fourth-order valence-corrected chi connectivity index (χ4v) is 2.42. The summed E-state index contributed by atoms with van der Waals surface area (Å²) in [4.78, 5) is 4.59. The summed E-state index contributed by atoms with van der Waals surface area (Å²) in [6, 6.07) is 0. The van der Waals surface area contributed by atoms with Crippen LogP contribution in [0.5, 0.6) is 5.88 Å². The van der Waals surface area contributed by atoms with Crippen molar-refractivity contribution in [1.29, 1.82) is 0 Å². The van der Waals surface area contributed by atoms with Crippen LogP contribution in [0.1, 0.15) is 24.9 Å². The molecule has 0 aliphatic carbocycles. The Morgan fingerprint density at radius 1 is 1.32 bits per heavy atom. The number of nitrogens with zero attached hydrogens (tertiary/aromatic N) is 4. The van der Waals surface area contributed by atoms with Crippen LogP contribution in [-0.2, 0) is 13.6 Å². The van der Waals surface area contributed by atoms with Gasteiger partial charge < -0.3 is 15.0 Å². The fraction of sp³-hybridized carbons (Fsp3) is 0.538. The van der Waals surface area contributed by atoms with E-state index in [4.69, 9.17) is 10.5 Å². The van der Waals surface area contributed by atoms with Crippen LogP contribution in [0.15, 0.2) is 0 Å². The van der Waals surface area contributed by atoms with Gasteiger partial charge in [0.25, 0.3) is 0 Å². The molecule has 19 heavy (non-hydrogen) atoms. The monoisotopic (exact) mass is 263 g/mol. The highest BCUT2D eigenvalue weighted by atomic mass is 16.5. The summed E-state index contributed by atoms with van der Waals surface area (Å²) in [5.41, 5.74) is 8.73. The van der Waals surface area contributed by atoms with E-state index >= 15 is 0 Å². The molecule has 2 heterocycles. The highest BCUT2D eigenvalue weighted by Crippen LogP contribution is 2.35. The highest BCUT2D eigenvalue weighted by Gasteiger charge is 2.22. The quantitative estimate of drug-likeness (QED) is 0.914. The van der Waals surface area contributed by atoms with Gasteiger partial charge in [-0.2, -0.15) is 5.10 Å². The number of methoxy groups -OCH3 is 1. The van der Waals surface area contributed by atoms with E-state index in [0.29, 0.717) is 11.7 Å². The number of imidazole rings is 1. The van der Waals surface area contributed by atoms with Gasteiger partial charge in [-0.15, -0.1) is 0 Å². The third kappa shape index (κ3) is 2.07. The molecule has 0 saturated heterocycles. The molecule has 0 atom stereocenters. The second-order valence-corrected chi connectivity index (χ2v) is 4.64. The summed E-state index contributed by atoms with van der Waals surface area (Å²) in [6.45, 7) is 6.89. The first-order valence-electron chi connectivity index (χ1n) is 6.41. The van der Waals surface area contributed by atoms with Gasteiger partial charge in [-0.1, -0.05) is 6.92 Å². The van der Waals surface area contributed by atoms with E-state index in [0.717, 1.165) is 35.7 Å². The zero-order valence-corrected chi connectivity index (χ0v) is 12.2. The minimum atomic E-state index is 0.675. The number of ether oxygens (including phenoxy) is 1. The Kier molecular flexibility index (Phi) is 3.50. The van der Waals surface area contributed by atoms with E-state index in [1.807, 2.05) is 25.5 Å². The average molecular weight is 263 g/mol. The van der Waals surface area contributed by atoms with E-state index in [-0.39, 0.29) is 0 Å². The number of nitrogen functional groups attached to an aromatic ring is 1. The largest absolute Gasteiger partial charge is 0.481 e. The number of anilines is 1. The maximum Gasteiger partial charge on any atom is 0.221 e. The standard InChI is InChI=1S/C13H21N5O/c1-6-7-18-9(3)15-11(12(18)14)10-8(2)16-17(4)13(10)19-5/h6-7,14H2,1-5H3. The zero-order chi connectivity index (χ0) is 14.2. The molecule has 0 bridgehead atoms. The summed E-state index contributed by atoms with van der Waals surface area (Å²) >= 11 is 0. The van der Waals surface area contributed by atoms with Crippen LogP contribution >= 0.6 is 0 Å². The number of aryl methyl sites for hydroxylation is 3. The number of rotatable bonds is 4. The number of aromatic nitrogens is 4. The van der Waals surface area contributed by atoms with Gasteiger partial charge in [-0.3, -0.25) is 0 Å². The normalized spacial score (nSPS) is 11.0. The summed E-state index contributed by atoms with van der Waals surface area (Å²) in [5.74, 6) is 2.28. The van der Waals surface area contributed by atoms with Gasteiger partial charge in [-0.25, -0.2) is 9.67 Å². The lowest BCUT2D eigenvalue weighted by Crippen LogP contribution is -2.04. The van der Waals surface area contributed by atoms with Crippen LogP contribution in [0.4, 0.5) is 5.82 Å². The molecule has 2 N–H and O–H groups in total. The first kappa shape index (κ1) is 13.5. The summed E-state index contributed by atoms with van der Waals surface area (Å²) in [6.07, 6.45) is 1.02. The maximum atomic E-state index is 6.23. The topological polar surface area (TPSA) is 70.9 Å². The molecule has 0 aromatic carbocycles. The molecule has 6 nitrogen and oxygen atoms in total. The molecule has 0 saturated carbocycles. The highest BCUT2D eigenvalue weighted by molar-refractivity contribution is 5.77. The Bertz CT molecular complexity index is 597. The van der Waals surface area contributed by atoms with E-state index < -0.39 is 0 Å². The van der Waals surface area contributed by atoms with Crippen molar-refractivity contribution >= 4 is 5.82 Å². The lowest BCUT2D eigenvalue weighted by Gasteiger charge is -2.06. The van der Waals surface area contributed by atoms with E-state index in [9.17, 15) is 0 Å². The van der Waals surface area contributed by atoms with Gasteiger partial charge in [0.05, 0.1) is 18.4 Å². The SMILES string of the molecule is CCCn1c(C)nc(-c2c(C)nn(C)c2OC)c1N. The average Bonchev–Trinajstić information content (AvgIpc) is 2.79. The van der Waals surface area contributed by atoms with Crippen molar-refractivity contribution in [3.63, 3.8) is 0 Å². The number of hydrogen-bond acceptors (Lipinski definition) is 4. The van der Waals surface area contributed by atoms with E-state index in [2.05, 4.69) is 17.0 Å². The molecule has 0 aliphatic rings. The van der Waals surface area contributed by atoms with Crippen molar-refractivity contribution in [3.05, 3.63) is 11.5 Å². The fourth-order valence-electron chi connectivity index (χ4n) is 2.42. The maximum absolute atomic E-state index is 6.23. The van der Waals surface area contributed by atoms with Crippen molar-refractivity contribution < 1.29 is 4.74 Å². The van der Waals surface area contributed by atoms with Crippen molar-refractivity contribution in [2.45, 2.75) is 33.7 Å². The van der Waals surface area contributed by atoms with Gasteiger partial charge in [0.1, 0.15) is 17.3 Å². The van der Waals surface area contributed by atoms with Gasteiger partial charge in [-0.05, 0) is 20.3 Å². The Labute approximate surface area is 113 Å². The number of nitrogens with two attached hydrogens (primary N) is 1. The molecule has 2 aromatic heterocycles. The van der Waals surface area contributed by atoms with Gasteiger partial charge in [0.15, 0.2) is 0 Å². The lowest BCUT2D eigenvalue weighted by atomic mass is 10.2. The molecule has 6 heteroatoms. The predicted molar refractivity (Wildman–Crippen MR) is 75.2 cm³/mol. The van der Waals surface area contributed by atoms with Gasteiger partial charge in [0.2, 0.25) is 5.88 Å². The first-order valence-corrected chi connectivity index (χ1v) is 6.41. The van der Waals surface area contributed by atoms with Crippen molar-refractivity contribution in [1.82, 2.24) is 19.3 Å². The van der Waals surface area contributed by atoms with Crippen LogP contribution < -0.4 is 10.5 Å². The van der Waals surface area contributed by atoms with Crippen molar-refractivity contribution in [3.8, 4) is 17.1 Å². The third-order valence-corrected chi connectivity index (χ3v) is 3.24. The Hall–Kier alpha value is -1.98. The van der Waals surface area contributed by atoms with E-state index in [1.54, 1.807) is 11.8 Å². The summed E-state index contributed by atoms with van der Waals surface area (Å²) < 4.78 is 9.15. The van der Waals surface area contributed by atoms with Crippen LogP contribution in [0.3, 0.4) is 0 Å². The molecule has 104 valence electrons. The molecule has 0 unspecified atom stereocenters. The molecule has 0 spiro atoms. The Morgan fingerprint density at radius 2 is 2.00 bits per heavy atom. The van der Waals surface area contributed by atoms with E-state index in [1.165, 1.54) is 0 Å². The molecular weight excluding hydrogens is 242 g/mol. The Morgan fingerprint density at radius 3 is 2.58 bits per heavy atom. The minimum Gasteiger partial charge on any atom is -0.481 e. The third-order valence-electron chi connectivity index (χ3n) is 3.24. The van der Waals surface area contributed by atoms with Crippen LogP contribution in [-0.4, -0.2) is 26.4 Å². The van der Waals surface area contributed by atoms with Crippen LogP contribution in [0.2, 0.25) is 0 Å². The van der Waals surface area contributed by atoms with Gasteiger partial charge in [0, 0.05) is 13.6 Å². The predicted octanol–water partition coefficient (Wildman–Crippen LogP) is 1.90. The Balaban J connectivity index is 2.63. The molecule has 0 radical (unpaired) electrons. The number of hydrogen-bond donors (Lipinski definition) is 1. The summed E-state index contributed by atoms with van der Waals surface area (Å²) in [5, 5.41) is 4.37. The smallest absolute Gasteiger partial charge is 0.221 e. The zero-order valence-electron chi connectivity index (χ0n) is 12.2. The lowest BCUT2D eigenvalue weighted by molar-refractivity contribution is 0.374. The van der Waals surface area contributed by atoms with Crippen molar-refractivity contribution in [2.75, 3.05) is 12.8 Å². The first-order chi connectivity index (χ1) is 9.01. The molecule has 2 rings (SSSR count).